The van der Waals surface area contributed by atoms with Gasteiger partial charge < -0.3 is 20.5 Å². The maximum Gasteiger partial charge on any atom is 0.296 e. The number of anilines is 3. The highest BCUT2D eigenvalue weighted by molar-refractivity contribution is 7.86. The number of nitrogens with one attached hydrogen (secondary N) is 1. The molecule has 0 amide bonds. The van der Waals surface area contributed by atoms with Crippen molar-refractivity contribution in [1.82, 2.24) is 15.0 Å². The summed E-state index contributed by atoms with van der Waals surface area (Å²) in [5.74, 6) is -1.02. The number of aromatic nitrogens is 3. The SMILES string of the molecule is Nc1nc(Cl)nc(Nc2cc(S(=O)(=O)O)cc3cc(S(=O)(=O)O)c4c(c23)OCOc2ccc([N+](=O)[O-])cc2N=N4)n1. The van der Waals surface area contributed by atoms with Crippen molar-refractivity contribution < 1.29 is 40.3 Å². The van der Waals surface area contributed by atoms with Gasteiger partial charge in [-0.3, -0.25) is 19.2 Å². The number of halogens is 1. The number of nitrogens with two attached hydrogens (primary N) is 1. The third kappa shape index (κ3) is 5.62. The number of ether oxygens (including phenoxy) is 2. The quantitative estimate of drug-likeness (QED) is 0.140. The van der Waals surface area contributed by atoms with Gasteiger partial charge >= 0.3 is 0 Å². The number of benzene rings is 3. The Morgan fingerprint density at radius 1 is 1.00 bits per heavy atom. The maximum atomic E-state index is 12.4. The van der Waals surface area contributed by atoms with Crippen LogP contribution in [0.4, 0.5) is 34.6 Å². The Kier molecular flexibility index (Phi) is 6.79. The Morgan fingerprint density at radius 3 is 2.41 bits per heavy atom. The van der Waals surface area contributed by atoms with Crippen LogP contribution in [0.25, 0.3) is 10.8 Å². The molecule has 4 aromatic rings. The molecule has 0 saturated heterocycles. The van der Waals surface area contributed by atoms with Crippen molar-refractivity contribution in [2.45, 2.75) is 9.79 Å². The second-order valence-corrected chi connectivity index (χ2v) is 11.1. The summed E-state index contributed by atoms with van der Waals surface area (Å²) in [7, 11) is -9.97. The molecular weight excluding hydrogens is 612 g/mol. The highest BCUT2D eigenvalue weighted by Gasteiger charge is 2.28. The van der Waals surface area contributed by atoms with E-state index in [0.717, 1.165) is 30.3 Å². The molecule has 5 N–H and O–H groups in total. The van der Waals surface area contributed by atoms with E-state index in [1.807, 2.05) is 0 Å². The molecule has 1 aliphatic rings. The molecule has 0 spiro atoms. The number of nitrogens with zero attached hydrogens (tertiary/aromatic N) is 6. The molecular formula is C20H13ClN8O10S2. The van der Waals surface area contributed by atoms with E-state index < -0.39 is 53.2 Å². The molecule has 5 rings (SSSR count). The van der Waals surface area contributed by atoms with Crippen LogP contribution >= 0.6 is 11.6 Å². The minimum atomic E-state index is -5.09. The number of nitro benzene ring substituents is 1. The second kappa shape index (κ2) is 10.0. The van der Waals surface area contributed by atoms with Gasteiger partial charge in [0, 0.05) is 12.1 Å². The van der Waals surface area contributed by atoms with E-state index >= 15 is 0 Å². The Balaban J connectivity index is 1.84. The predicted molar refractivity (Wildman–Crippen MR) is 140 cm³/mol. The lowest BCUT2D eigenvalue weighted by Crippen LogP contribution is -2.09. The first-order valence-electron chi connectivity index (χ1n) is 10.7. The molecule has 1 aromatic heterocycles. The van der Waals surface area contributed by atoms with Crippen molar-refractivity contribution in [3.8, 4) is 11.5 Å². The van der Waals surface area contributed by atoms with Crippen LogP contribution in [0.1, 0.15) is 0 Å². The highest BCUT2D eigenvalue weighted by Crippen LogP contribution is 2.47. The zero-order valence-corrected chi connectivity index (χ0v) is 22.2. The third-order valence-electron chi connectivity index (χ3n) is 5.38. The molecule has 0 saturated carbocycles. The fraction of sp³-hybridized carbons (Fsp3) is 0.0500. The van der Waals surface area contributed by atoms with Gasteiger partial charge in [0.05, 0.1) is 20.9 Å². The van der Waals surface area contributed by atoms with Gasteiger partial charge in [0.1, 0.15) is 16.3 Å². The minimum Gasteiger partial charge on any atom is -0.455 e. The normalized spacial score (nSPS) is 13.1. The molecule has 1 aliphatic heterocycles. The largest absolute Gasteiger partial charge is 0.455 e. The average molecular weight is 625 g/mol. The minimum absolute atomic E-state index is 0.0211. The van der Waals surface area contributed by atoms with Crippen LogP contribution in [0, 0.1) is 10.1 Å². The summed E-state index contributed by atoms with van der Waals surface area (Å²) >= 11 is 5.83. The van der Waals surface area contributed by atoms with Gasteiger partial charge in [-0.15, -0.1) is 10.2 Å². The molecule has 18 nitrogen and oxygen atoms in total. The Bertz CT molecular complexity index is 2000. The van der Waals surface area contributed by atoms with Crippen LogP contribution in [0.5, 0.6) is 11.5 Å². The van der Waals surface area contributed by atoms with Crippen molar-refractivity contribution in [3.05, 3.63) is 51.8 Å². The molecule has 21 heteroatoms. The zero-order chi connectivity index (χ0) is 29.7. The molecule has 2 heterocycles. The van der Waals surface area contributed by atoms with E-state index in [0.29, 0.717) is 0 Å². The maximum absolute atomic E-state index is 12.4. The lowest BCUT2D eigenvalue weighted by molar-refractivity contribution is -0.384. The summed E-state index contributed by atoms with van der Waals surface area (Å²) in [6.45, 7) is -0.642. The molecule has 0 bridgehead atoms. The molecule has 41 heavy (non-hydrogen) atoms. The van der Waals surface area contributed by atoms with Gasteiger partial charge in [0.25, 0.3) is 25.9 Å². The van der Waals surface area contributed by atoms with Gasteiger partial charge in [0.15, 0.2) is 11.5 Å². The highest BCUT2D eigenvalue weighted by atomic mass is 35.5. The molecule has 212 valence electrons. The van der Waals surface area contributed by atoms with E-state index in [4.69, 9.17) is 26.8 Å². The summed E-state index contributed by atoms with van der Waals surface area (Å²) in [6.07, 6.45) is 0. The number of nitro groups is 1. The standard InChI is InChI=1S/C20H13ClN8O10S2/c21-18-24-19(22)26-20(25-18)23-12-6-10(40(32,33)34)3-8-4-14(41(35,36)37)16-17(15(8)12)39-7-38-13-2-1-9(29(30)31)5-11(13)27-28-16/h1-6H,7H2,(H,32,33,34)(H,35,36,37)(H3,22,23,24,25,26). The number of hydrogen-bond acceptors (Lipinski definition) is 15. The number of non-ortho nitro benzene ring substituents is 1. The summed E-state index contributed by atoms with van der Waals surface area (Å²) in [6, 6.07) is 6.03. The van der Waals surface area contributed by atoms with Crippen LogP contribution in [0.15, 0.2) is 56.4 Å². The lowest BCUT2D eigenvalue weighted by atomic mass is 10.1. The van der Waals surface area contributed by atoms with Gasteiger partial charge in [-0.25, -0.2) is 0 Å². The van der Waals surface area contributed by atoms with Crippen LogP contribution < -0.4 is 20.5 Å². The Labute approximate surface area is 233 Å². The van der Waals surface area contributed by atoms with Crippen molar-refractivity contribution in [2.75, 3.05) is 17.8 Å². The Morgan fingerprint density at radius 2 is 1.76 bits per heavy atom. The number of nitrogen functional groups attached to an aromatic ring is 1. The molecule has 0 atom stereocenters. The summed E-state index contributed by atoms with van der Waals surface area (Å²) in [4.78, 5) is 20.2. The van der Waals surface area contributed by atoms with Gasteiger partial charge in [-0.1, -0.05) is 0 Å². The molecule has 0 radical (unpaired) electrons. The molecule has 0 unspecified atom stereocenters. The zero-order valence-electron chi connectivity index (χ0n) is 19.8. The fourth-order valence-corrected chi connectivity index (χ4v) is 5.10. The van der Waals surface area contributed by atoms with Crippen LogP contribution in [-0.4, -0.2) is 52.6 Å². The topological polar surface area (TPSA) is 272 Å². The number of fused-ring (bicyclic) bond motifs is 4. The van der Waals surface area contributed by atoms with E-state index in [1.165, 1.54) is 6.07 Å². The number of azo groups is 1. The Hall–Kier alpha value is -4.76. The molecule has 0 aliphatic carbocycles. The van der Waals surface area contributed by atoms with Crippen LogP contribution in [0.2, 0.25) is 5.28 Å². The summed E-state index contributed by atoms with van der Waals surface area (Å²) in [5.41, 5.74) is 4.27. The van der Waals surface area contributed by atoms with E-state index in [-0.39, 0.29) is 50.8 Å². The first-order valence-corrected chi connectivity index (χ1v) is 14.0. The number of hydrogen-bond donors (Lipinski definition) is 4. The monoisotopic (exact) mass is 624 g/mol. The van der Waals surface area contributed by atoms with Crippen LogP contribution in [0.3, 0.4) is 0 Å². The molecule has 3 aromatic carbocycles. The van der Waals surface area contributed by atoms with Crippen LogP contribution in [-0.2, 0) is 20.2 Å². The molecule has 0 fully saturated rings. The lowest BCUT2D eigenvalue weighted by Gasteiger charge is -2.18. The number of rotatable bonds is 5. The van der Waals surface area contributed by atoms with Crippen molar-refractivity contribution >= 4 is 77.3 Å². The first-order chi connectivity index (χ1) is 19.2. The van der Waals surface area contributed by atoms with E-state index in [2.05, 4.69) is 30.5 Å². The van der Waals surface area contributed by atoms with Crippen molar-refractivity contribution in [3.63, 3.8) is 0 Å². The smallest absolute Gasteiger partial charge is 0.296 e. The fourth-order valence-electron chi connectivity index (χ4n) is 3.74. The van der Waals surface area contributed by atoms with Crippen molar-refractivity contribution in [1.29, 1.82) is 0 Å². The van der Waals surface area contributed by atoms with Gasteiger partial charge in [-0.2, -0.15) is 31.8 Å². The summed E-state index contributed by atoms with van der Waals surface area (Å²) in [5, 5.41) is 21.0. The first kappa shape index (κ1) is 27.8. The third-order valence-corrected chi connectivity index (χ3v) is 7.25. The average Bonchev–Trinajstić information content (AvgIpc) is 2.94. The summed E-state index contributed by atoms with van der Waals surface area (Å²) < 4.78 is 79.8. The predicted octanol–water partition coefficient (Wildman–Crippen LogP) is 3.55. The second-order valence-electron chi connectivity index (χ2n) is 8.00. The van der Waals surface area contributed by atoms with Crippen molar-refractivity contribution in [2.24, 2.45) is 10.2 Å². The van der Waals surface area contributed by atoms with E-state index in [1.54, 1.807) is 0 Å². The van der Waals surface area contributed by atoms with E-state index in [9.17, 15) is 36.1 Å². The van der Waals surface area contributed by atoms with Gasteiger partial charge in [-0.05, 0) is 41.3 Å². The van der Waals surface area contributed by atoms with Gasteiger partial charge in [0.2, 0.25) is 24.0 Å².